The highest BCUT2D eigenvalue weighted by molar-refractivity contribution is 6.04. The SMILES string of the molecule is NC(=O)c1cccc2cn(-c3ccc(CNC4C5CNCC54)cc3)nc12. The van der Waals surface area contributed by atoms with Crippen LogP contribution >= 0.6 is 0 Å². The van der Waals surface area contributed by atoms with E-state index in [0.717, 1.165) is 42.5 Å². The van der Waals surface area contributed by atoms with Crippen molar-refractivity contribution in [3.05, 3.63) is 59.8 Å². The molecule has 1 aromatic heterocycles. The van der Waals surface area contributed by atoms with Crippen LogP contribution in [-0.4, -0.2) is 34.8 Å². The monoisotopic (exact) mass is 347 g/mol. The zero-order valence-electron chi connectivity index (χ0n) is 14.4. The lowest BCUT2D eigenvalue weighted by Gasteiger charge is -2.08. The highest BCUT2D eigenvalue weighted by Crippen LogP contribution is 2.41. The highest BCUT2D eigenvalue weighted by Gasteiger charge is 2.52. The summed E-state index contributed by atoms with van der Waals surface area (Å²) in [5.41, 5.74) is 8.76. The molecule has 1 aliphatic carbocycles. The van der Waals surface area contributed by atoms with Gasteiger partial charge in [0, 0.05) is 24.2 Å². The molecular formula is C20H21N5O. The van der Waals surface area contributed by atoms with Crippen molar-refractivity contribution >= 4 is 16.8 Å². The average Bonchev–Trinajstić information content (AvgIpc) is 3.03. The lowest BCUT2D eigenvalue weighted by atomic mass is 10.1. The Morgan fingerprint density at radius 1 is 1.19 bits per heavy atom. The largest absolute Gasteiger partial charge is 0.366 e. The summed E-state index contributed by atoms with van der Waals surface area (Å²) in [4.78, 5) is 11.6. The van der Waals surface area contributed by atoms with Gasteiger partial charge < -0.3 is 16.4 Å². The minimum atomic E-state index is -0.456. The summed E-state index contributed by atoms with van der Waals surface area (Å²) in [7, 11) is 0. The van der Waals surface area contributed by atoms with E-state index in [9.17, 15) is 4.79 Å². The van der Waals surface area contributed by atoms with E-state index in [0.29, 0.717) is 17.1 Å². The van der Waals surface area contributed by atoms with E-state index in [1.807, 2.05) is 18.3 Å². The number of amides is 1. The number of hydrogen-bond donors (Lipinski definition) is 3. The van der Waals surface area contributed by atoms with Crippen molar-refractivity contribution in [2.45, 2.75) is 12.6 Å². The topological polar surface area (TPSA) is 85.0 Å². The molecule has 2 heterocycles. The van der Waals surface area contributed by atoms with E-state index in [1.54, 1.807) is 10.7 Å². The predicted octanol–water partition coefficient (Wildman–Crippen LogP) is 1.43. The summed E-state index contributed by atoms with van der Waals surface area (Å²) < 4.78 is 1.80. The Morgan fingerprint density at radius 2 is 1.96 bits per heavy atom. The van der Waals surface area contributed by atoms with Gasteiger partial charge in [0.2, 0.25) is 0 Å². The Bertz CT molecular complexity index is 968. The first kappa shape index (κ1) is 15.5. The number of rotatable bonds is 5. The van der Waals surface area contributed by atoms with Crippen LogP contribution in [0.1, 0.15) is 15.9 Å². The molecule has 0 spiro atoms. The third-order valence-corrected chi connectivity index (χ3v) is 5.64. The summed E-state index contributed by atoms with van der Waals surface area (Å²) in [5, 5.41) is 12.5. The summed E-state index contributed by atoms with van der Waals surface area (Å²) in [6, 6.07) is 14.5. The standard InChI is InChI=1S/C20H21N5O/c21-20(26)15-3-1-2-13-11-25(24-18(13)15)14-6-4-12(5-7-14)8-23-19-16-9-22-10-17(16)19/h1-7,11,16-17,19,22-23H,8-10H2,(H2,21,26). The molecule has 2 aromatic carbocycles. The molecule has 2 fully saturated rings. The van der Waals surface area contributed by atoms with E-state index >= 15 is 0 Å². The smallest absolute Gasteiger partial charge is 0.250 e. The lowest BCUT2D eigenvalue weighted by molar-refractivity contribution is 0.100. The van der Waals surface area contributed by atoms with E-state index in [-0.39, 0.29) is 0 Å². The Hall–Kier alpha value is -2.70. The first-order chi connectivity index (χ1) is 12.7. The van der Waals surface area contributed by atoms with Crippen LogP contribution in [0, 0.1) is 11.8 Å². The fourth-order valence-electron chi connectivity index (χ4n) is 4.10. The van der Waals surface area contributed by atoms with Gasteiger partial charge in [-0.3, -0.25) is 4.79 Å². The second kappa shape index (κ2) is 5.93. The highest BCUT2D eigenvalue weighted by atomic mass is 16.1. The van der Waals surface area contributed by atoms with Gasteiger partial charge in [-0.15, -0.1) is 0 Å². The van der Waals surface area contributed by atoms with Crippen LogP contribution in [0.2, 0.25) is 0 Å². The van der Waals surface area contributed by atoms with Gasteiger partial charge in [0.25, 0.3) is 5.91 Å². The molecule has 1 saturated heterocycles. The quantitative estimate of drug-likeness (QED) is 0.652. The minimum Gasteiger partial charge on any atom is -0.366 e. The van der Waals surface area contributed by atoms with Crippen molar-refractivity contribution in [2.24, 2.45) is 17.6 Å². The molecule has 1 amide bonds. The summed E-state index contributed by atoms with van der Waals surface area (Å²) in [5.74, 6) is 1.19. The maximum absolute atomic E-state index is 11.6. The molecule has 2 atom stereocenters. The second-order valence-corrected chi connectivity index (χ2v) is 7.24. The van der Waals surface area contributed by atoms with Gasteiger partial charge in [-0.05, 0) is 48.7 Å². The van der Waals surface area contributed by atoms with Gasteiger partial charge in [0.05, 0.1) is 11.3 Å². The number of hydrogen-bond acceptors (Lipinski definition) is 4. The third kappa shape index (κ3) is 2.58. The van der Waals surface area contributed by atoms with Crippen LogP contribution in [0.25, 0.3) is 16.6 Å². The predicted molar refractivity (Wildman–Crippen MR) is 100 cm³/mol. The van der Waals surface area contributed by atoms with E-state index in [4.69, 9.17) is 5.73 Å². The molecule has 0 bridgehead atoms. The van der Waals surface area contributed by atoms with Gasteiger partial charge in [0.15, 0.2) is 0 Å². The Kier molecular flexibility index (Phi) is 3.55. The molecule has 2 aliphatic rings. The van der Waals surface area contributed by atoms with Gasteiger partial charge in [0.1, 0.15) is 5.52 Å². The summed E-state index contributed by atoms with van der Waals surface area (Å²) >= 11 is 0. The molecule has 0 radical (unpaired) electrons. The summed E-state index contributed by atoms with van der Waals surface area (Å²) in [6.45, 7) is 3.20. The molecule has 6 nitrogen and oxygen atoms in total. The molecule has 1 saturated carbocycles. The lowest BCUT2D eigenvalue weighted by Crippen LogP contribution is -2.27. The molecule has 1 aliphatic heterocycles. The number of carbonyl (C=O) groups excluding carboxylic acids is 1. The van der Waals surface area contributed by atoms with Crippen molar-refractivity contribution in [3.63, 3.8) is 0 Å². The molecule has 5 rings (SSSR count). The number of nitrogens with one attached hydrogen (secondary N) is 2. The number of nitrogens with zero attached hydrogens (tertiary/aromatic N) is 2. The molecule has 6 heteroatoms. The summed E-state index contributed by atoms with van der Waals surface area (Å²) in [6.07, 6.45) is 1.92. The molecule has 132 valence electrons. The molecular weight excluding hydrogens is 326 g/mol. The van der Waals surface area contributed by atoms with Crippen molar-refractivity contribution in [2.75, 3.05) is 13.1 Å². The maximum atomic E-state index is 11.6. The van der Waals surface area contributed by atoms with E-state index < -0.39 is 5.91 Å². The fraction of sp³-hybridized carbons (Fsp3) is 0.300. The normalized spacial score (nSPS) is 23.9. The minimum absolute atomic E-state index is 0.451. The van der Waals surface area contributed by atoms with Crippen LogP contribution < -0.4 is 16.4 Å². The third-order valence-electron chi connectivity index (χ3n) is 5.64. The average molecular weight is 347 g/mol. The number of primary amides is 1. The van der Waals surface area contributed by atoms with Crippen LogP contribution in [0.4, 0.5) is 0 Å². The Balaban J connectivity index is 1.33. The number of benzene rings is 2. The number of piperidine rings is 1. The zero-order valence-corrected chi connectivity index (χ0v) is 14.4. The van der Waals surface area contributed by atoms with Gasteiger partial charge in [-0.1, -0.05) is 24.3 Å². The Labute approximate surface area is 151 Å². The molecule has 4 N–H and O–H groups in total. The zero-order chi connectivity index (χ0) is 17.7. The molecule has 3 aromatic rings. The number of aromatic nitrogens is 2. The molecule has 2 unspecified atom stereocenters. The van der Waals surface area contributed by atoms with Gasteiger partial charge in [-0.2, -0.15) is 5.10 Å². The number of carbonyl (C=O) groups is 1. The van der Waals surface area contributed by atoms with E-state index in [2.05, 4.69) is 40.0 Å². The first-order valence-corrected chi connectivity index (χ1v) is 9.02. The Morgan fingerprint density at radius 3 is 2.69 bits per heavy atom. The van der Waals surface area contributed by atoms with Crippen molar-refractivity contribution in [3.8, 4) is 5.69 Å². The van der Waals surface area contributed by atoms with Crippen molar-refractivity contribution < 1.29 is 4.79 Å². The van der Waals surface area contributed by atoms with Crippen LogP contribution in [0.5, 0.6) is 0 Å². The van der Waals surface area contributed by atoms with Gasteiger partial charge >= 0.3 is 0 Å². The van der Waals surface area contributed by atoms with E-state index in [1.165, 1.54) is 5.56 Å². The first-order valence-electron chi connectivity index (χ1n) is 9.02. The number of nitrogens with two attached hydrogens (primary N) is 1. The van der Waals surface area contributed by atoms with Crippen molar-refractivity contribution in [1.29, 1.82) is 0 Å². The molecule has 26 heavy (non-hydrogen) atoms. The van der Waals surface area contributed by atoms with Crippen molar-refractivity contribution in [1.82, 2.24) is 20.4 Å². The van der Waals surface area contributed by atoms with Crippen LogP contribution in [0.15, 0.2) is 48.7 Å². The number of fused-ring (bicyclic) bond motifs is 2. The fourth-order valence-corrected chi connectivity index (χ4v) is 4.10. The van der Waals surface area contributed by atoms with Gasteiger partial charge in [-0.25, -0.2) is 4.68 Å². The van der Waals surface area contributed by atoms with Crippen LogP contribution in [0.3, 0.4) is 0 Å². The second-order valence-electron chi connectivity index (χ2n) is 7.24. The van der Waals surface area contributed by atoms with Crippen LogP contribution in [-0.2, 0) is 6.54 Å². The maximum Gasteiger partial charge on any atom is 0.250 e.